The highest BCUT2D eigenvalue weighted by atomic mass is 35.5. The zero-order chi connectivity index (χ0) is 12.0. The highest BCUT2D eigenvalue weighted by molar-refractivity contribution is 5.85. The first-order chi connectivity index (χ1) is 7.67. The van der Waals surface area contributed by atoms with Gasteiger partial charge in [-0.1, -0.05) is 0 Å². The lowest BCUT2D eigenvalue weighted by Crippen LogP contribution is -2.06. The third kappa shape index (κ3) is 4.70. The predicted molar refractivity (Wildman–Crippen MR) is 62.8 cm³/mol. The number of nitrogens with zero attached hydrogens (tertiary/aromatic N) is 2. The summed E-state index contributed by atoms with van der Waals surface area (Å²) in [5.41, 5.74) is 0.559. The number of halogens is 1. The number of pyridine rings is 1. The van der Waals surface area contributed by atoms with E-state index >= 15 is 0 Å². The van der Waals surface area contributed by atoms with Crippen LogP contribution in [-0.4, -0.2) is 22.7 Å². The fraction of sp³-hybridized carbons (Fsp3) is 0.364. The van der Waals surface area contributed by atoms with Crippen LogP contribution in [0.25, 0.3) is 0 Å². The molecule has 0 fully saturated rings. The maximum atomic E-state index is 11.1. The van der Waals surface area contributed by atoms with Crippen LogP contribution in [0.15, 0.2) is 12.1 Å². The average molecular weight is 257 g/mol. The Morgan fingerprint density at radius 3 is 2.88 bits per heavy atom. The molecule has 0 saturated carbocycles. The maximum Gasteiger partial charge on any atom is 0.306 e. The first-order valence-corrected chi connectivity index (χ1v) is 4.92. The summed E-state index contributed by atoms with van der Waals surface area (Å²) in [6.07, 6.45) is 0.615. The van der Waals surface area contributed by atoms with Gasteiger partial charge in [0, 0.05) is 12.1 Å². The Labute approximate surface area is 105 Å². The first-order valence-electron chi connectivity index (χ1n) is 4.92. The number of rotatable bonds is 4. The average Bonchev–Trinajstić information content (AvgIpc) is 2.28. The van der Waals surface area contributed by atoms with Gasteiger partial charge in [0.05, 0.1) is 13.0 Å². The van der Waals surface area contributed by atoms with Crippen molar-refractivity contribution in [1.82, 2.24) is 4.98 Å². The Morgan fingerprint density at radius 1 is 1.59 bits per heavy atom. The van der Waals surface area contributed by atoms with Crippen molar-refractivity contribution in [2.24, 2.45) is 0 Å². The van der Waals surface area contributed by atoms with Crippen LogP contribution >= 0.6 is 12.4 Å². The summed E-state index contributed by atoms with van der Waals surface area (Å²) in [6, 6.07) is 4.74. The van der Waals surface area contributed by atoms with E-state index in [2.05, 4.69) is 4.98 Å². The van der Waals surface area contributed by atoms with Crippen molar-refractivity contribution in [1.29, 1.82) is 5.26 Å². The standard InChI is InChI=1S/C11H12N2O3.ClH/c1-2-16-11(15)6-4-8-3-5-10(14)9(7-12)13-8;/h3,5,14H,2,4,6H2,1H3;1H. The molecule has 17 heavy (non-hydrogen) atoms. The van der Waals surface area contributed by atoms with Gasteiger partial charge in [0.1, 0.15) is 6.07 Å². The van der Waals surface area contributed by atoms with E-state index in [1.54, 1.807) is 19.1 Å². The Bertz CT molecular complexity index is 429. The molecule has 5 nitrogen and oxygen atoms in total. The van der Waals surface area contributed by atoms with Crippen LogP contribution in [0.4, 0.5) is 0 Å². The molecule has 0 spiro atoms. The van der Waals surface area contributed by atoms with E-state index in [9.17, 15) is 9.90 Å². The van der Waals surface area contributed by atoms with Crippen LogP contribution in [0.3, 0.4) is 0 Å². The van der Waals surface area contributed by atoms with Gasteiger partial charge in [-0.2, -0.15) is 5.26 Å². The molecule has 1 aromatic heterocycles. The Kier molecular flexibility index (Phi) is 6.68. The van der Waals surface area contributed by atoms with Crippen molar-refractivity contribution in [3.63, 3.8) is 0 Å². The van der Waals surface area contributed by atoms with Gasteiger partial charge in [-0.3, -0.25) is 4.79 Å². The van der Waals surface area contributed by atoms with E-state index in [4.69, 9.17) is 10.00 Å². The molecule has 1 rings (SSSR count). The highest BCUT2D eigenvalue weighted by Gasteiger charge is 2.06. The van der Waals surface area contributed by atoms with Crippen LogP contribution in [0.1, 0.15) is 24.7 Å². The van der Waals surface area contributed by atoms with Crippen LogP contribution in [0.2, 0.25) is 0 Å². The minimum atomic E-state index is -0.295. The Balaban J connectivity index is 0.00000256. The zero-order valence-electron chi connectivity index (χ0n) is 9.34. The molecule has 0 aliphatic rings. The molecule has 1 heterocycles. The molecule has 0 amide bonds. The van der Waals surface area contributed by atoms with Crippen molar-refractivity contribution in [2.45, 2.75) is 19.8 Å². The number of aryl methyl sites for hydroxylation is 1. The van der Waals surface area contributed by atoms with Crippen LogP contribution in [-0.2, 0) is 16.0 Å². The lowest BCUT2D eigenvalue weighted by Gasteiger charge is -2.02. The smallest absolute Gasteiger partial charge is 0.306 e. The normalized spacial score (nSPS) is 8.94. The predicted octanol–water partition coefficient (Wildman–Crippen LogP) is 1.58. The molecular formula is C11H13ClN2O3. The third-order valence-corrected chi connectivity index (χ3v) is 1.93. The fourth-order valence-corrected chi connectivity index (χ4v) is 1.18. The Hall–Kier alpha value is -1.80. The summed E-state index contributed by atoms with van der Waals surface area (Å²) in [7, 11) is 0. The lowest BCUT2D eigenvalue weighted by molar-refractivity contribution is -0.143. The van der Waals surface area contributed by atoms with Gasteiger partial charge in [0.15, 0.2) is 11.4 Å². The SMILES string of the molecule is CCOC(=O)CCc1ccc(O)c(C#N)n1.Cl. The first kappa shape index (κ1) is 15.2. The second-order valence-corrected chi connectivity index (χ2v) is 3.09. The quantitative estimate of drug-likeness (QED) is 0.827. The summed E-state index contributed by atoms with van der Waals surface area (Å²) in [5.74, 6) is -0.446. The number of hydrogen-bond donors (Lipinski definition) is 1. The summed E-state index contributed by atoms with van der Waals surface area (Å²) < 4.78 is 4.76. The van der Waals surface area contributed by atoms with Crippen molar-refractivity contribution in [2.75, 3.05) is 6.61 Å². The summed E-state index contributed by atoms with van der Waals surface area (Å²) >= 11 is 0. The lowest BCUT2D eigenvalue weighted by atomic mass is 10.2. The van der Waals surface area contributed by atoms with Gasteiger partial charge < -0.3 is 9.84 Å². The number of ether oxygens (including phenoxy) is 1. The number of nitriles is 1. The number of aromatic hydroxyl groups is 1. The fourth-order valence-electron chi connectivity index (χ4n) is 1.18. The molecule has 0 saturated heterocycles. The van der Waals surface area contributed by atoms with E-state index in [0.29, 0.717) is 18.7 Å². The second-order valence-electron chi connectivity index (χ2n) is 3.09. The molecule has 6 heteroatoms. The number of carbonyl (C=O) groups is 1. The van der Waals surface area contributed by atoms with E-state index in [1.165, 1.54) is 6.07 Å². The molecule has 0 bridgehead atoms. The van der Waals surface area contributed by atoms with Gasteiger partial charge in [-0.05, 0) is 19.1 Å². The second kappa shape index (κ2) is 7.47. The van der Waals surface area contributed by atoms with Crippen LogP contribution in [0, 0.1) is 11.3 Å². The van der Waals surface area contributed by atoms with Crippen LogP contribution < -0.4 is 0 Å². The summed E-state index contributed by atoms with van der Waals surface area (Å²) in [5, 5.41) is 17.9. The van der Waals surface area contributed by atoms with Crippen LogP contribution in [0.5, 0.6) is 5.75 Å². The van der Waals surface area contributed by atoms with E-state index in [1.807, 2.05) is 0 Å². The van der Waals surface area contributed by atoms with E-state index in [-0.39, 0.29) is 36.2 Å². The molecule has 0 radical (unpaired) electrons. The van der Waals surface area contributed by atoms with Crippen molar-refractivity contribution < 1.29 is 14.6 Å². The zero-order valence-corrected chi connectivity index (χ0v) is 10.2. The minimum absolute atomic E-state index is 0. The van der Waals surface area contributed by atoms with E-state index < -0.39 is 0 Å². The molecule has 0 aliphatic heterocycles. The summed E-state index contributed by atoms with van der Waals surface area (Å²) in [6.45, 7) is 2.09. The van der Waals surface area contributed by atoms with Gasteiger partial charge in [-0.25, -0.2) is 4.98 Å². The Morgan fingerprint density at radius 2 is 2.29 bits per heavy atom. The van der Waals surface area contributed by atoms with Gasteiger partial charge >= 0.3 is 5.97 Å². The monoisotopic (exact) mass is 256 g/mol. The third-order valence-electron chi connectivity index (χ3n) is 1.93. The number of esters is 1. The molecular weight excluding hydrogens is 244 g/mol. The highest BCUT2D eigenvalue weighted by Crippen LogP contribution is 2.14. The maximum absolute atomic E-state index is 11.1. The topological polar surface area (TPSA) is 83.2 Å². The number of hydrogen-bond acceptors (Lipinski definition) is 5. The molecule has 0 unspecified atom stereocenters. The molecule has 92 valence electrons. The van der Waals surface area contributed by atoms with Gasteiger partial charge in [0.25, 0.3) is 0 Å². The molecule has 1 aromatic rings. The molecule has 1 N–H and O–H groups in total. The molecule has 0 aromatic carbocycles. The minimum Gasteiger partial charge on any atom is -0.505 e. The molecule has 0 atom stereocenters. The van der Waals surface area contributed by atoms with Gasteiger partial charge in [-0.15, -0.1) is 12.4 Å². The number of aromatic nitrogens is 1. The van der Waals surface area contributed by atoms with Gasteiger partial charge in [0.2, 0.25) is 0 Å². The van der Waals surface area contributed by atoms with Crippen molar-refractivity contribution in [3.8, 4) is 11.8 Å². The van der Waals surface area contributed by atoms with Crippen molar-refractivity contribution >= 4 is 18.4 Å². The number of carbonyl (C=O) groups excluding carboxylic acids is 1. The van der Waals surface area contributed by atoms with Crippen molar-refractivity contribution in [3.05, 3.63) is 23.5 Å². The largest absolute Gasteiger partial charge is 0.505 e. The summed E-state index contributed by atoms with van der Waals surface area (Å²) in [4.78, 5) is 15.0. The molecule has 0 aliphatic carbocycles. The van der Waals surface area contributed by atoms with E-state index in [0.717, 1.165) is 0 Å².